The molecule has 6 atom stereocenters. The predicted octanol–water partition coefficient (Wildman–Crippen LogP) is -0.509. The Morgan fingerprint density at radius 3 is 2.54 bits per heavy atom. The number of nitrogens with two attached hydrogens (primary N) is 1. The molecule has 0 aromatic heterocycles. The summed E-state index contributed by atoms with van der Waals surface area (Å²) in [5.74, 6) is -3.07. The molecule has 0 unspecified atom stereocenters. The molecule has 1 amide bonds. The molecule has 0 radical (unpaired) electrons. The van der Waals surface area contributed by atoms with Gasteiger partial charge in [0.1, 0.15) is 10.6 Å². The first kappa shape index (κ1) is 19.3. The number of halogens is 2. The lowest BCUT2D eigenvalue weighted by molar-refractivity contribution is -0.173. The topological polar surface area (TPSA) is 142 Å². The lowest BCUT2D eigenvalue weighted by atomic mass is 9.71. The maximum absolute atomic E-state index is 12.3. The summed E-state index contributed by atoms with van der Waals surface area (Å²) in [5.41, 5.74) is 3.73. The summed E-state index contributed by atoms with van der Waals surface area (Å²) in [6.45, 7) is 2.84. The first-order chi connectivity index (χ1) is 11.0. The molecule has 1 aliphatic carbocycles. The van der Waals surface area contributed by atoms with E-state index in [2.05, 4.69) is 5.32 Å². The van der Waals surface area contributed by atoms with E-state index in [4.69, 9.17) is 33.7 Å². The number of cyclic esters (lactones) is 1. The van der Waals surface area contributed by atoms with Crippen molar-refractivity contribution in [1.29, 1.82) is 0 Å². The van der Waals surface area contributed by atoms with Crippen molar-refractivity contribution < 1.29 is 29.6 Å². The molecule has 1 aliphatic heterocycles. The molecule has 2 aliphatic rings. The number of rotatable bonds is 3. The Morgan fingerprint density at radius 2 is 2.04 bits per heavy atom. The van der Waals surface area contributed by atoms with Crippen LogP contribution in [0.5, 0.6) is 0 Å². The maximum Gasteiger partial charge on any atom is 0.338 e. The van der Waals surface area contributed by atoms with Crippen LogP contribution in [0.4, 0.5) is 0 Å². The summed E-state index contributed by atoms with van der Waals surface area (Å²) < 4.78 is 5.28. The third kappa shape index (κ3) is 3.09. The third-order valence-electron chi connectivity index (χ3n) is 4.46. The maximum atomic E-state index is 12.3. The number of fused-ring (bicyclic) bond motifs is 1. The molecule has 1 fully saturated rings. The van der Waals surface area contributed by atoms with Gasteiger partial charge in [0.2, 0.25) is 5.91 Å². The quantitative estimate of drug-likeness (QED) is 0.326. The van der Waals surface area contributed by atoms with E-state index in [9.17, 15) is 24.9 Å². The van der Waals surface area contributed by atoms with E-state index in [0.717, 1.165) is 0 Å². The second-order valence-corrected chi connectivity index (χ2v) is 7.39. The van der Waals surface area contributed by atoms with Crippen molar-refractivity contribution in [1.82, 2.24) is 5.32 Å². The molecule has 0 aromatic rings. The Bertz CT molecular complexity index is 582. The number of carbonyl (C=O) groups excluding carboxylic acids is 2. The summed E-state index contributed by atoms with van der Waals surface area (Å²) >= 11 is 11.9. The van der Waals surface area contributed by atoms with Crippen molar-refractivity contribution >= 4 is 35.1 Å². The molecule has 2 rings (SSSR count). The molecule has 1 heterocycles. The summed E-state index contributed by atoms with van der Waals surface area (Å²) in [7, 11) is 0. The van der Waals surface area contributed by atoms with Crippen LogP contribution in [0, 0.1) is 5.92 Å². The van der Waals surface area contributed by atoms with Gasteiger partial charge in [-0.2, -0.15) is 0 Å². The van der Waals surface area contributed by atoms with Gasteiger partial charge in [-0.3, -0.25) is 4.79 Å². The number of aliphatic hydroxyl groups excluding tert-OH is 3. The van der Waals surface area contributed by atoms with Crippen molar-refractivity contribution in [2.45, 2.75) is 55.0 Å². The Morgan fingerprint density at radius 1 is 1.46 bits per heavy atom. The number of aliphatic hydroxyl groups is 3. The van der Waals surface area contributed by atoms with Gasteiger partial charge in [-0.1, -0.05) is 0 Å². The fourth-order valence-electron chi connectivity index (χ4n) is 3.02. The lowest BCUT2D eigenvalue weighted by Crippen LogP contribution is -2.68. The summed E-state index contributed by atoms with van der Waals surface area (Å²) in [6.07, 6.45) is -3.07. The first-order valence-corrected chi connectivity index (χ1v) is 8.23. The van der Waals surface area contributed by atoms with Crippen LogP contribution < -0.4 is 11.1 Å². The van der Waals surface area contributed by atoms with Crippen LogP contribution in [0.3, 0.4) is 0 Å². The highest BCUT2D eigenvalue weighted by molar-refractivity contribution is 6.45. The summed E-state index contributed by atoms with van der Waals surface area (Å²) in [6, 6.07) is -1.99. The largest absolute Gasteiger partial charge is 0.512 e. The van der Waals surface area contributed by atoms with Crippen LogP contribution in [0.1, 0.15) is 20.3 Å². The molecule has 8 nitrogen and oxygen atoms in total. The van der Waals surface area contributed by atoms with E-state index in [1.54, 1.807) is 0 Å². The zero-order valence-corrected chi connectivity index (χ0v) is 14.6. The minimum Gasteiger partial charge on any atom is -0.512 e. The Balaban J connectivity index is 2.55. The van der Waals surface area contributed by atoms with Crippen molar-refractivity contribution in [3.05, 3.63) is 11.3 Å². The molecule has 136 valence electrons. The zero-order chi connectivity index (χ0) is 18.4. The summed E-state index contributed by atoms with van der Waals surface area (Å²) in [5, 5.41) is 32.9. The standard InChI is InChI=1S/C14H20Cl2N2O6/c1-4(17)11(22)18-10-8-7(5(19)3-6(20)9(8)21)12(23)24-14(10,2)13(15)16/h4,6,8-10,13,19-21H,3,17H2,1-2H3,(H,18,22)/t4-,6+,8-,9-,10+,14+/m0/s1. The smallest absolute Gasteiger partial charge is 0.338 e. The van der Waals surface area contributed by atoms with Gasteiger partial charge in [0.25, 0.3) is 0 Å². The van der Waals surface area contributed by atoms with E-state index >= 15 is 0 Å². The Labute approximate surface area is 148 Å². The average molecular weight is 383 g/mol. The number of esters is 1. The monoisotopic (exact) mass is 382 g/mol. The molecule has 0 bridgehead atoms. The third-order valence-corrected chi connectivity index (χ3v) is 5.33. The summed E-state index contributed by atoms with van der Waals surface area (Å²) in [4.78, 5) is 23.1. The van der Waals surface area contributed by atoms with Gasteiger partial charge in [-0.25, -0.2) is 4.79 Å². The van der Waals surface area contributed by atoms with E-state index < -0.39 is 58.3 Å². The second-order valence-electron chi connectivity index (χ2n) is 6.30. The molecule has 6 N–H and O–H groups in total. The molecule has 24 heavy (non-hydrogen) atoms. The van der Waals surface area contributed by atoms with E-state index in [1.165, 1.54) is 13.8 Å². The second kappa shape index (κ2) is 6.68. The minimum atomic E-state index is -1.60. The fraction of sp³-hybridized carbons (Fsp3) is 0.714. The molecule has 1 saturated heterocycles. The van der Waals surface area contributed by atoms with Crippen LogP contribution in [-0.4, -0.2) is 61.9 Å². The predicted molar refractivity (Wildman–Crippen MR) is 85.3 cm³/mol. The number of carbonyl (C=O) groups is 2. The highest BCUT2D eigenvalue weighted by Crippen LogP contribution is 2.44. The van der Waals surface area contributed by atoms with Gasteiger partial charge in [-0.05, 0) is 13.8 Å². The lowest BCUT2D eigenvalue weighted by Gasteiger charge is -2.50. The highest BCUT2D eigenvalue weighted by Gasteiger charge is 2.59. The Kier molecular flexibility index (Phi) is 5.37. The molecule has 0 aromatic carbocycles. The molecular weight excluding hydrogens is 363 g/mol. The number of ether oxygens (including phenoxy) is 1. The van der Waals surface area contributed by atoms with Gasteiger partial charge in [0.15, 0.2) is 5.60 Å². The van der Waals surface area contributed by atoms with Crippen molar-refractivity contribution in [3.8, 4) is 0 Å². The van der Waals surface area contributed by atoms with Crippen molar-refractivity contribution in [3.63, 3.8) is 0 Å². The number of hydrogen-bond donors (Lipinski definition) is 5. The van der Waals surface area contributed by atoms with Gasteiger partial charge < -0.3 is 31.1 Å². The number of hydrogen-bond acceptors (Lipinski definition) is 7. The Hall–Kier alpha value is -1.06. The number of nitrogens with one attached hydrogen (secondary N) is 1. The van der Waals surface area contributed by atoms with E-state index in [1.807, 2.05) is 0 Å². The van der Waals surface area contributed by atoms with Gasteiger partial charge in [-0.15, -0.1) is 23.2 Å². The molecule has 10 heteroatoms. The van der Waals surface area contributed by atoms with Crippen LogP contribution in [-0.2, 0) is 14.3 Å². The van der Waals surface area contributed by atoms with Crippen LogP contribution in [0.2, 0.25) is 0 Å². The number of alkyl halides is 2. The van der Waals surface area contributed by atoms with Crippen LogP contribution in [0.25, 0.3) is 0 Å². The molecular formula is C14H20Cl2N2O6. The first-order valence-electron chi connectivity index (χ1n) is 7.36. The minimum absolute atomic E-state index is 0.214. The van der Waals surface area contributed by atoms with Gasteiger partial charge >= 0.3 is 5.97 Å². The molecule has 0 spiro atoms. The average Bonchev–Trinajstić information content (AvgIpc) is 2.46. The van der Waals surface area contributed by atoms with Crippen LogP contribution in [0.15, 0.2) is 11.3 Å². The highest BCUT2D eigenvalue weighted by atomic mass is 35.5. The normalized spacial score (nSPS) is 37.8. The SMILES string of the molecule is C[C@H](N)C(=O)N[C@@H]1[C@H]2C(=C(O)C[C@@H](O)[C@@H]2O)C(=O)O[C@@]1(C)C(Cl)Cl. The van der Waals surface area contributed by atoms with Crippen molar-refractivity contribution in [2.75, 3.05) is 0 Å². The number of amides is 1. The van der Waals surface area contributed by atoms with E-state index in [0.29, 0.717) is 0 Å². The van der Waals surface area contributed by atoms with E-state index in [-0.39, 0.29) is 12.0 Å². The van der Waals surface area contributed by atoms with Crippen molar-refractivity contribution in [2.24, 2.45) is 11.7 Å². The van der Waals surface area contributed by atoms with Gasteiger partial charge in [0.05, 0.1) is 29.9 Å². The molecule has 0 saturated carbocycles. The zero-order valence-electron chi connectivity index (χ0n) is 13.1. The van der Waals surface area contributed by atoms with Gasteiger partial charge in [0, 0.05) is 12.3 Å². The van der Waals surface area contributed by atoms with Crippen LogP contribution >= 0.6 is 23.2 Å². The fourth-order valence-corrected chi connectivity index (χ4v) is 3.38.